The lowest BCUT2D eigenvalue weighted by molar-refractivity contribution is 0.249. The lowest BCUT2D eigenvalue weighted by Gasteiger charge is -1.94. The molecule has 2 rings (SSSR count). The van der Waals surface area contributed by atoms with Crippen molar-refractivity contribution in [2.75, 3.05) is 0 Å². The summed E-state index contributed by atoms with van der Waals surface area (Å²) in [5, 5.41) is 3.60. The number of hydrazone groups is 1. The van der Waals surface area contributed by atoms with Crippen LogP contribution >= 0.6 is 0 Å². The second-order valence-corrected chi connectivity index (χ2v) is 3.30. The van der Waals surface area contributed by atoms with Crippen molar-refractivity contribution >= 4 is 12.2 Å². The number of amides is 2. The normalized spacial score (nSPS) is 10.6. The summed E-state index contributed by atoms with van der Waals surface area (Å²) in [6.07, 6.45) is 1.39. The van der Waals surface area contributed by atoms with Crippen molar-refractivity contribution in [3.05, 3.63) is 48.2 Å². The molecule has 0 atom stereocenters. The third kappa shape index (κ3) is 2.94. The van der Waals surface area contributed by atoms with Crippen LogP contribution in [0.1, 0.15) is 5.76 Å². The zero-order valence-electron chi connectivity index (χ0n) is 8.96. The van der Waals surface area contributed by atoms with Gasteiger partial charge >= 0.3 is 6.03 Å². The zero-order chi connectivity index (χ0) is 12.1. The van der Waals surface area contributed by atoms with Gasteiger partial charge < -0.3 is 10.2 Å². The maximum atomic E-state index is 10.4. The average Bonchev–Trinajstić information content (AvgIpc) is 2.78. The molecule has 86 valence electrons. The Labute approximate surface area is 97.9 Å². The van der Waals surface area contributed by atoms with Gasteiger partial charge in [0.2, 0.25) is 0 Å². The van der Waals surface area contributed by atoms with Gasteiger partial charge in [-0.1, -0.05) is 30.3 Å². The molecule has 1 aromatic carbocycles. The van der Waals surface area contributed by atoms with Crippen LogP contribution in [0, 0.1) is 0 Å². The van der Waals surface area contributed by atoms with E-state index in [1.165, 1.54) is 6.21 Å². The first-order valence-electron chi connectivity index (χ1n) is 4.99. The van der Waals surface area contributed by atoms with Crippen molar-refractivity contribution in [1.29, 1.82) is 0 Å². The summed E-state index contributed by atoms with van der Waals surface area (Å²) in [6.45, 7) is 0. The number of furan rings is 1. The van der Waals surface area contributed by atoms with Gasteiger partial charge in [-0.3, -0.25) is 0 Å². The van der Waals surface area contributed by atoms with E-state index < -0.39 is 6.03 Å². The highest BCUT2D eigenvalue weighted by Gasteiger charge is 2.01. The summed E-state index contributed by atoms with van der Waals surface area (Å²) < 4.78 is 5.51. The van der Waals surface area contributed by atoms with Crippen molar-refractivity contribution < 1.29 is 9.21 Å². The number of nitrogens with two attached hydrogens (primary N) is 1. The highest BCUT2D eigenvalue weighted by atomic mass is 16.3. The molecule has 0 saturated carbocycles. The Morgan fingerprint density at radius 2 is 2.00 bits per heavy atom. The fourth-order valence-electron chi connectivity index (χ4n) is 1.34. The standard InChI is InChI=1S/C12H11N3O2/c13-12(16)15-14-8-10-6-7-11(17-10)9-4-2-1-3-5-9/h1-8H,(H3,13,15,16)/b14-8-. The first-order valence-corrected chi connectivity index (χ1v) is 4.99. The quantitative estimate of drug-likeness (QED) is 0.623. The van der Waals surface area contributed by atoms with Crippen molar-refractivity contribution in [3.8, 4) is 11.3 Å². The molecule has 0 radical (unpaired) electrons. The van der Waals surface area contributed by atoms with E-state index in [0.29, 0.717) is 5.76 Å². The molecule has 3 N–H and O–H groups in total. The second-order valence-electron chi connectivity index (χ2n) is 3.30. The van der Waals surface area contributed by atoms with Gasteiger partial charge in [0.05, 0.1) is 6.21 Å². The minimum atomic E-state index is -0.712. The number of carbonyl (C=O) groups is 1. The fourth-order valence-corrected chi connectivity index (χ4v) is 1.34. The number of benzene rings is 1. The van der Waals surface area contributed by atoms with Gasteiger partial charge in [0.25, 0.3) is 0 Å². The van der Waals surface area contributed by atoms with Gasteiger partial charge in [0, 0.05) is 5.56 Å². The Bertz CT molecular complexity index is 532. The Morgan fingerprint density at radius 1 is 1.24 bits per heavy atom. The second kappa shape index (κ2) is 4.98. The van der Waals surface area contributed by atoms with Crippen LogP contribution in [0.25, 0.3) is 11.3 Å². The van der Waals surface area contributed by atoms with Crippen molar-refractivity contribution in [2.45, 2.75) is 0 Å². The van der Waals surface area contributed by atoms with E-state index in [1.54, 1.807) is 6.07 Å². The number of nitrogens with one attached hydrogen (secondary N) is 1. The number of rotatable bonds is 3. The molecular weight excluding hydrogens is 218 g/mol. The van der Waals surface area contributed by atoms with Crippen molar-refractivity contribution in [3.63, 3.8) is 0 Å². The molecule has 5 heteroatoms. The molecule has 0 unspecified atom stereocenters. The van der Waals surface area contributed by atoms with Gasteiger partial charge in [0.15, 0.2) is 0 Å². The molecule has 2 amide bonds. The van der Waals surface area contributed by atoms with Gasteiger partial charge in [0.1, 0.15) is 11.5 Å². The number of nitrogens with zero attached hydrogens (tertiary/aromatic N) is 1. The van der Waals surface area contributed by atoms with E-state index >= 15 is 0 Å². The van der Waals surface area contributed by atoms with Crippen molar-refractivity contribution in [1.82, 2.24) is 5.43 Å². The van der Waals surface area contributed by atoms with Crippen LogP contribution < -0.4 is 11.2 Å². The Kier molecular flexibility index (Phi) is 3.20. The minimum Gasteiger partial charge on any atom is -0.455 e. The van der Waals surface area contributed by atoms with E-state index in [2.05, 4.69) is 10.5 Å². The first-order chi connectivity index (χ1) is 8.25. The van der Waals surface area contributed by atoms with Crippen LogP contribution in [0.2, 0.25) is 0 Å². The summed E-state index contributed by atoms with van der Waals surface area (Å²) in [5.41, 5.74) is 7.93. The van der Waals surface area contributed by atoms with Crippen LogP contribution in [-0.4, -0.2) is 12.2 Å². The largest absolute Gasteiger partial charge is 0.455 e. The molecule has 0 aliphatic heterocycles. The topological polar surface area (TPSA) is 80.6 Å². The molecular formula is C12H11N3O2. The summed E-state index contributed by atoms with van der Waals surface area (Å²) in [6, 6.07) is 12.6. The Morgan fingerprint density at radius 3 is 2.71 bits per heavy atom. The number of hydrogen-bond donors (Lipinski definition) is 2. The predicted molar refractivity (Wildman–Crippen MR) is 64.5 cm³/mol. The summed E-state index contributed by atoms with van der Waals surface area (Å²) in [4.78, 5) is 10.4. The molecule has 0 bridgehead atoms. The van der Waals surface area contributed by atoms with E-state index in [0.717, 1.165) is 11.3 Å². The van der Waals surface area contributed by atoms with Crippen LogP contribution in [0.3, 0.4) is 0 Å². The van der Waals surface area contributed by atoms with E-state index in [1.807, 2.05) is 36.4 Å². The molecule has 0 spiro atoms. The number of hydrogen-bond acceptors (Lipinski definition) is 3. The smallest absolute Gasteiger partial charge is 0.332 e. The lowest BCUT2D eigenvalue weighted by atomic mass is 10.2. The van der Waals surface area contributed by atoms with Gasteiger partial charge in [-0.05, 0) is 12.1 Å². The molecule has 1 aromatic heterocycles. The summed E-state index contributed by atoms with van der Waals surface area (Å²) >= 11 is 0. The number of primary amides is 1. The Balaban J connectivity index is 2.11. The third-order valence-corrected chi connectivity index (χ3v) is 2.05. The van der Waals surface area contributed by atoms with Gasteiger partial charge in [-0.25, -0.2) is 10.2 Å². The van der Waals surface area contributed by atoms with E-state index in [4.69, 9.17) is 10.2 Å². The van der Waals surface area contributed by atoms with Crippen LogP contribution in [-0.2, 0) is 0 Å². The highest BCUT2D eigenvalue weighted by Crippen LogP contribution is 2.20. The van der Waals surface area contributed by atoms with E-state index in [-0.39, 0.29) is 0 Å². The zero-order valence-corrected chi connectivity index (χ0v) is 8.96. The molecule has 0 aliphatic rings. The summed E-state index contributed by atoms with van der Waals surface area (Å²) in [5.74, 6) is 1.28. The van der Waals surface area contributed by atoms with Crippen LogP contribution in [0.15, 0.2) is 52.0 Å². The molecule has 17 heavy (non-hydrogen) atoms. The maximum Gasteiger partial charge on any atom is 0.332 e. The molecule has 0 saturated heterocycles. The fraction of sp³-hybridized carbons (Fsp3) is 0. The monoisotopic (exact) mass is 229 g/mol. The van der Waals surface area contributed by atoms with Gasteiger partial charge in [-0.2, -0.15) is 5.10 Å². The third-order valence-electron chi connectivity index (χ3n) is 2.05. The molecule has 1 heterocycles. The van der Waals surface area contributed by atoms with Crippen LogP contribution in [0.4, 0.5) is 4.79 Å². The Hall–Kier alpha value is -2.56. The highest BCUT2D eigenvalue weighted by molar-refractivity contribution is 5.79. The minimum absolute atomic E-state index is 0.539. The molecule has 0 fully saturated rings. The SMILES string of the molecule is NC(=O)N/N=C\c1ccc(-c2ccccc2)o1. The van der Waals surface area contributed by atoms with E-state index in [9.17, 15) is 4.79 Å². The van der Waals surface area contributed by atoms with Crippen molar-refractivity contribution in [2.24, 2.45) is 10.8 Å². The summed E-state index contributed by atoms with van der Waals surface area (Å²) in [7, 11) is 0. The number of urea groups is 1. The molecule has 5 nitrogen and oxygen atoms in total. The van der Waals surface area contributed by atoms with Gasteiger partial charge in [-0.15, -0.1) is 0 Å². The molecule has 2 aromatic rings. The predicted octanol–water partition coefficient (Wildman–Crippen LogP) is 1.95. The van der Waals surface area contributed by atoms with Crippen LogP contribution in [0.5, 0.6) is 0 Å². The number of carbonyl (C=O) groups excluding carboxylic acids is 1. The lowest BCUT2D eigenvalue weighted by Crippen LogP contribution is -2.24. The average molecular weight is 229 g/mol. The first kappa shape index (κ1) is 10.9. The maximum absolute atomic E-state index is 10.4. The molecule has 0 aliphatic carbocycles.